The Hall–Kier alpha value is -1.03. The summed E-state index contributed by atoms with van der Waals surface area (Å²) in [5, 5.41) is 4.12. The maximum atomic E-state index is 5.85. The number of nitrogens with two attached hydrogens (primary N) is 1. The van der Waals surface area contributed by atoms with Crippen molar-refractivity contribution in [1.82, 2.24) is 14.7 Å². The number of aryl methyl sites for hydroxylation is 1. The maximum absolute atomic E-state index is 5.85. The van der Waals surface area contributed by atoms with Crippen LogP contribution >= 0.6 is 0 Å². The maximum Gasteiger partial charge on any atom is 0.125 e. The highest BCUT2D eigenvalue weighted by Crippen LogP contribution is 2.21. The molecule has 1 aliphatic heterocycles. The summed E-state index contributed by atoms with van der Waals surface area (Å²) in [4.78, 5) is 2.41. The molecule has 1 fully saturated rings. The highest BCUT2D eigenvalue weighted by Gasteiger charge is 2.24. The Morgan fingerprint density at radius 2 is 2.46 bits per heavy atom. The van der Waals surface area contributed by atoms with Gasteiger partial charge in [0.25, 0.3) is 0 Å². The van der Waals surface area contributed by atoms with E-state index in [-0.39, 0.29) is 0 Å². The Bertz CT molecular complexity index is 305. The Morgan fingerprint density at radius 3 is 2.85 bits per heavy atom. The number of hydrogen-bond acceptors (Lipinski definition) is 3. The second-order valence-electron chi connectivity index (χ2n) is 3.79. The molecule has 0 amide bonds. The molecule has 1 atom stereocenters. The normalized spacial score (nSPS) is 23.1. The van der Waals surface area contributed by atoms with Crippen LogP contribution < -0.4 is 5.73 Å². The van der Waals surface area contributed by atoms with Gasteiger partial charge in [0.2, 0.25) is 0 Å². The average molecular weight is 180 g/mol. The van der Waals surface area contributed by atoms with Crippen LogP contribution in [0.3, 0.4) is 0 Å². The second kappa shape index (κ2) is 3.03. The van der Waals surface area contributed by atoms with Gasteiger partial charge in [-0.25, -0.2) is 0 Å². The average Bonchev–Trinajstić information content (AvgIpc) is 2.42. The Kier molecular flexibility index (Phi) is 2.00. The van der Waals surface area contributed by atoms with E-state index < -0.39 is 0 Å². The van der Waals surface area contributed by atoms with Crippen molar-refractivity contribution >= 4 is 5.82 Å². The van der Waals surface area contributed by atoms with E-state index in [1.54, 1.807) is 4.68 Å². The molecule has 1 unspecified atom stereocenters. The molecule has 1 saturated heterocycles. The first-order valence-electron chi connectivity index (χ1n) is 4.69. The topological polar surface area (TPSA) is 47.1 Å². The van der Waals surface area contributed by atoms with Crippen LogP contribution in [0.2, 0.25) is 0 Å². The van der Waals surface area contributed by atoms with Crippen molar-refractivity contribution in [1.29, 1.82) is 0 Å². The highest BCUT2D eigenvalue weighted by atomic mass is 15.3. The van der Waals surface area contributed by atoms with E-state index in [4.69, 9.17) is 5.73 Å². The summed E-state index contributed by atoms with van der Waals surface area (Å²) in [6.45, 7) is 4.38. The number of aromatic nitrogens is 2. The number of rotatable bonds is 2. The molecule has 0 bridgehead atoms. The van der Waals surface area contributed by atoms with Gasteiger partial charge in [0, 0.05) is 31.7 Å². The molecule has 4 nitrogen and oxygen atoms in total. The first kappa shape index (κ1) is 8.56. The van der Waals surface area contributed by atoms with E-state index in [0.717, 1.165) is 17.9 Å². The fourth-order valence-corrected chi connectivity index (χ4v) is 1.64. The zero-order chi connectivity index (χ0) is 9.42. The van der Waals surface area contributed by atoms with E-state index in [0.29, 0.717) is 6.04 Å². The number of hydrogen-bond donors (Lipinski definition) is 1. The van der Waals surface area contributed by atoms with Gasteiger partial charge in [0.1, 0.15) is 5.82 Å². The lowest BCUT2D eigenvalue weighted by Gasteiger charge is -2.38. The van der Waals surface area contributed by atoms with Crippen molar-refractivity contribution in [3.8, 4) is 0 Å². The summed E-state index contributed by atoms with van der Waals surface area (Å²) in [5.74, 6) is 0.791. The molecular formula is C9H16N4. The zero-order valence-corrected chi connectivity index (χ0v) is 8.20. The summed E-state index contributed by atoms with van der Waals surface area (Å²) in [7, 11) is 1.87. The number of nitrogen functional groups attached to an aromatic ring is 1. The lowest BCUT2D eigenvalue weighted by molar-refractivity contribution is 0.0962. The molecule has 72 valence electrons. The van der Waals surface area contributed by atoms with Gasteiger partial charge in [-0.2, -0.15) is 5.10 Å². The van der Waals surface area contributed by atoms with E-state index in [1.165, 1.54) is 13.0 Å². The van der Waals surface area contributed by atoms with Gasteiger partial charge in [-0.1, -0.05) is 0 Å². The molecule has 4 heteroatoms. The minimum atomic E-state index is 0.708. The molecule has 0 radical (unpaired) electrons. The first-order valence-corrected chi connectivity index (χ1v) is 4.69. The molecule has 2 heterocycles. The standard InChI is InChI=1S/C9H16N4/c1-7-3-4-13(7)6-8-5-11-12(2)9(8)10/h5,7H,3-4,6,10H2,1-2H3. The van der Waals surface area contributed by atoms with Gasteiger partial charge in [0.05, 0.1) is 6.20 Å². The van der Waals surface area contributed by atoms with E-state index in [9.17, 15) is 0 Å². The minimum Gasteiger partial charge on any atom is -0.384 e. The van der Waals surface area contributed by atoms with Crippen molar-refractivity contribution < 1.29 is 0 Å². The van der Waals surface area contributed by atoms with Crippen LogP contribution in [0, 0.1) is 0 Å². The number of likely N-dealkylation sites (tertiary alicyclic amines) is 1. The first-order chi connectivity index (χ1) is 6.18. The van der Waals surface area contributed by atoms with Crippen molar-refractivity contribution in [3.05, 3.63) is 11.8 Å². The van der Waals surface area contributed by atoms with E-state index >= 15 is 0 Å². The number of nitrogens with zero attached hydrogens (tertiary/aromatic N) is 3. The molecule has 1 aromatic rings. The third kappa shape index (κ3) is 1.42. The van der Waals surface area contributed by atoms with Gasteiger partial charge < -0.3 is 5.73 Å². The van der Waals surface area contributed by atoms with E-state index in [1.807, 2.05) is 13.2 Å². The van der Waals surface area contributed by atoms with Gasteiger partial charge in [-0.15, -0.1) is 0 Å². The predicted octanol–water partition coefficient (Wildman–Crippen LogP) is 0.596. The summed E-state index contributed by atoms with van der Waals surface area (Å²) >= 11 is 0. The lowest BCUT2D eigenvalue weighted by atomic mass is 10.0. The van der Waals surface area contributed by atoms with Crippen LogP contribution in [0.1, 0.15) is 18.9 Å². The largest absolute Gasteiger partial charge is 0.384 e. The number of anilines is 1. The molecule has 0 spiro atoms. The van der Waals surface area contributed by atoms with Crippen LogP contribution in [0.15, 0.2) is 6.20 Å². The molecule has 0 aromatic carbocycles. The summed E-state index contributed by atoms with van der Waals surface area (Å²) in [5.41, 5.74) is 7.00. The lowest BCUT2D eigenvalue weighted by Crippen LogP contribution is -2.44. The van der Waals surface area contributed by atoms with Crippen LogP contribution in [-0.4, -0.2) is 27.3 Å². The molecule has 0 aliphatic carbocycles. The smallest absolute Gasteiger partial charge is 0.125 e. The van der Waals surface area contributed by atoms with Crippen LogP contribution in [0.4, 0.5) is 5.82 Å². The zero-order valence-electron chi connectivity index (χ0n) is 8.20. The van der Waals surface area contributed by atoms with Crippen molar-refractivity contribution in [2.24, 2.45) is 7.05 Å². The van der Waals surface area contributed by atoms with Crippen molar-refractivity contribution in [2.75, 3.05) is 12.3 Å². The summed E-state index contributed by atoms with van der Waals surface area (Å²) < 4.78 is 1.72. The molecular weight excluding hydrogens is 164 g/mol. The van der Waals surface area contributed by atoms with Crippen LogP contribution in [-0.2, 0) is 13.6 Å². The van der Waals surface area contributed by atoms with Crippen LogP contribution in [0.25, 0.3) is 0 Å². The van der Waals surface area contributed by atoms with Gasteiger partial charge in [-0.3, -0.25) is 9.58 Å². The molecule has 1 aromatic heterocycles. The third-order valence-electron chi connectivity index (χ3n) is 2.90. The predicted molar refractivity (Wildman–Crippen MR) is 52.1 cm³/mol. The SMILES string of the molecule is CC1CCN1Cc1cnn(C)c1N. The van der Waals surface area contributed by atoms with Crippen LogP contribution in [0.5, 0.6) is 0 Å². The minimum absolute atomic E-state index is 0.708. The van der Waals surface area contributed by atoms with Gasteiger partial charge in [0.15, 0.2) is 0 Å². The monoisotopic (exact) mass is 180 g/mol. The molecule has 2 rings (SSSR count). The second-order valence-corrected chi connectivity index (χ2v) is 3.79. The molecule has 2 N–H and O–H groups in total. The summed E-state index contributed by atoms with van der Waals surface area (Å²) in [6, 6.07) is 0.708. The Morgan fingerprint density at radius 1 is 1.69 bits per heavy atom. The quantitative estimate of drug-likeness (QED) is 0.725. The van der Waals surface area contributed by atoms with Crippen molar-refractivity contribution in [3.63, 3.8) is 0 Å². The van der Waals surface area contributed by atoms with E-state index in [2.05, 4.69) is 16.9 Å². The van der Waals surface area contributed by atoms with Gasteiger partial charge in [-0.05, 0) is 13.3 Å². The Labute approximate surface area is 78.3 Å². The van der Waals surface area contributed by atoms with Gasteiger partial charge >= 0.3 is 0 Å². The molecule has 1 aliphatic rings. The highest BCUT2D eigenvalue weighted by molar-refractivity contribution is 5.38. The fourth-order valence-electron chi connectivity index (χ4n) is 1.64. The third-order valence-corrected chi connectivity index (χ3v) is 2.90. The molecule has 0 saturated carbocycles. The summed E-state index contributed by atoms with van der Waals surface area (Å²) in [6.07, 6.45) is 3.17. The molecule has 13 heavy (non-hydrogen) atoms. The Balaban J connectivity index is 2.05. The fraction of sp³-hybridized carbons (Fsp3) is 0.667. The van der Waals surface area contributed by atoms with Crippen molar-refractivity contribution in [2.45, 2.75) is 25.9 Å².